The van der Waals surface area contributed by atoms with Crippen LogP contribution in [0, 0.1) is 0 Å². The van der Waals surface area contributed by atoms with Crippen LogP contribution in [0.25, 0.3) is 0 Å². The molecule has 20 heavy (non-hydrogen) atoms. The summed E-state index contributed by atoms with van der Waals surface area (Å²) in [6.45, 7) is 2.35. The smallest absolute Gasteiger partial charge is 0.329 e. The topological polar surface area (TPSA) is 49.8 Å². The third kappa shape index (κ3) is 4.94. The normalized spacial score (nSPS) is 17.3. The Hall–Kier alpha value is -0.810. The predicted octanol–water partition coefficient (Wildman–Crippen LogP) is 3.06. The maximum Gasteiger partial charge on any atom is 0.329 e. The van der Waals surface area contributed by atoms with Crippen molar-refractivity contribution < 1.29 is 14.6 Å². The molecule has 4 nitrogen and oxygen atoms in total. The lowest BCUT2D eigenvalue weighted by atomic mass is 10.1. The first-order valence-corrected chi connectivity index (χ1v) is 7.29. The van der Waals surface area contributed by atoms with Gasteiger partial charge in [-0.15, -0.1) is 0 Å². The van der Waals surface area contributed by atoms with E-state index in [0.29, 0.717) is 10.0 Å². The van der Waals surface area contributed by atoms with E-state index in [1.165, 1.54) is 0 Å². The van der Waals surface area contributed by atoms with E-state index in [2.05, 4.69) is 4.90 Å². The summed E-state index contributed by atoms with van der Waals surface area (Å²) in [4.78, 5) is 12.7. The van der Waals surface area contributed by atoms with Crippen molar-refractivity contribution >= 4 is 29.2 Å². The minimum Gasteiger partial charge on any atom is -0.480 e. The average Bonchev–Trinajstić information content (AvgIpc) is 2.36. The van der Waals surface area contributed by atoms with Gasteiger partial charge >= 0.3 is 5.97 Å². The lowest BCUT2D eigenvalue weighted by Gasteiger charge is -2.31. The molecule has 0 atom stereocenters. The van der Waals surface area contributed by atoms with Crippen molar-refractivity contribution in [1.29, 1.82) is 0 Å². The quantitative estimate of drug-likeness (QED) is 0.906. The standard InChI is InChI=1S/C14H17Cl2NO3/c15-11-5-10(6-12(16)7-11)8-17-3-1-13(2-4-17)20-9-14(18)19/h5-7,13H,1-4,8-9H2,(H,18,19). The molecule has 0 bridgehead atoms. The zero-order valence-electron chi connectivity index (χ0n) is 11.0. The zero-order chi connectivity index (χ0) is 14.5. The predicted molar refractivity (Wildman–Crippen MR) is 78.3 cm³/mol. The summed E-state index contributed by atoms with van der Waals surface area (Å²) < 4.78 is 5.31. The summed E-state index contributed by atoms with van der Waals surface area (Å²) in [5.74, 6) is -0.916. The molecule has 2 rings (SSSR count). The van der Waals surface area contributed by atoms with Gasteiger partial charge in [0.2, 0.25) is 0 Å². The lowest BCUT2D eigenvalue weighted by molar-refractivity contribution is -0.145. The third-order valence-electron chi connectivity index (χ3n) is 3.31. The van der Waals surface area contributed by atoms with Crippen molar-refractivity contribution in [2.24, 2.45) is 0 Å². The summed E-state index contributed by atoms with van der Waals surface area (Å²) in [6, 6.07) is 5.56. The molecule has 1 aliphatic heterocycles. The van der Waals surface area contributed by atoms with Crippen molar-refractivity contribution in [2.45, 2.75) is 25.5 Å². The number of nitrogens with zero attached hydrogens (tertiary/aromatic N) is 1. The number of aliphatic carboxylic acids is 1. The Morgan fingerprint density at radius 1 is 1.25 bits per heavy atom. The number of carboxylic acids is 1. The Morgan fingerprint density at radius 2 is 1.85 bits per heavy atom. The highest BCUT2D eigenvalue weighted by atomic mass is 35.5. The van der Waals surface area contributed by atoms with Gasteiger partial charge < -0.3 is 9.84 Å². The van der Waals surface area contributed by atoms with Crippen LogP contribution >= 0.6 is 23.2 Å². The molecule has 1 fully saturated rings. The molecular weight excluding hydrogens is 301 g/mol. The van der Waals surface area contributed by atoms with Gasteiger partial charge in [0, 0.05) is 29.7 Å². The van der Waals surface area contributed by atoms with Gasteiger partial charge in [-0.3, -0.25) is 4.90 Å². The first-order chi connectivity index (χ1) is 9.52. The second-order valence-electron chi connectivity index (χ2n) is 4.96. The maximum absolute atomic E-state index is 10.5. The Labute approximate surface area is 128 Å². The van der Waals surface area contributed by atoms with E-state index in [4.69, 9.17) is 33.0 Å². The van der Waals surface area contributed by atoms with Crippen LogP contribution in [0.4, 0.5) is 0 Å². The van der Waals surface area contributed by atoms with E-state index in [9.17, 15) is 4.79 Å². The van der Waals surface area contributed by atoms with Crippen LogP contribution in [0.3, 0.4) is 0 Å². The fourth-order valence-electron chi connectivity index (χ4n) is 2.38. The molecule has 1 saturated heterocycles. The summed E-state index contributed by atoms with van der Waals surface area (Å²) in [6.07, 6.45) is 1.74. The number of ether oxygens (including phenoxy) is 1. The van der Waals surface area contributed by atoms with E-state index in [0.717, 1.165) is 38.0 Å². The van der Waals surface area contributed by atoms with E-state index in [-0.39, 0.29) is 12.7 Å². The molecule has 0 amide bonds. The molecule has 1 heterocycles. The van der Waals surface area contributed by atoms with Crippen LogP contribution in [0.5, 0.6) is 0 Å². The molecule has 0 spiro atoms. The zero-order valence-corrected chi connectivity index (χ0v) is 12.5. The van der Waals surface area contributed by atoms with Gasteiger partial charge in [0.1, 0.15) is 6.61 Å². The van der Waals surface area contributed by atoms with Crippen molar-refractivity contribution in [3.63, 3.8) is 0 Å². The van der Waals surface area contributed by atoms with E-state index in [1.54, 1.807) is 6.07 Å². The van der Waals surface area contributed by atoms with Gasteiger partial charge in [0.25, 0.3) is 0 Å². The van der Waals surface area contributed by atoms with Crippen LogP contribution in [0.1, 0.15) is 18.4 Å². The summed E-state index contributed by atoms with van der Waals surface area (Å²) in [7, 11) is 0. The van der Waals surface area contributed by atoms with Gasteiger partial charge in [-0.1, -0.05) is 23.2 Å². The van der Waals surface area contributed by atoms with Gasteiger partial charge in [-0.25, -0.2) is 4.79 Å². The summed E-state index contributed by atoms with van der Waals surface area (Å²) in [5, 5.41) is 9.87. The van der Waals surface area contributed by atoms with Gasteiger partial charge in [-0.05, 0) is 36.6 Å². The molecule has 0 radical (unpaired) electrons. The molecular formula is C14H17Cl2NO3. The molecule has 6 heteroatoms. The summed E-state index contributed by atoms with van der Waals surface area (Å²) in [5.41, 5.74) is 1.09. The molecule has 0 aliphatic carbocycles. The van der Waals surface area contributed by atoms with Crippen molar-refractivity contribution in [3.05, 3.63) is 33.8 Å². The van der Waals surface area contributed by atoms with Crippen molar-refractivity contribution in [2.75, 3.05) is 19.7 Å². The Bertz CT molecular complexity index is 453. The second-order valence-corrected chi connectivity index (χ2v) is 5.83. The number of benzene rings is 1. The van der Waals surface area contributed by atoms with Crippen LogP contribution in [0.2, 0.25) is 10.0 Å². The molecule has 1 aliphatic rings. The Kier molecular flexibility index (Phi) is 5.66. The first kappa shape index (κ1) is 15.6. The van der Waals surface area contributed by atoms with E-state index < -0.39 is 5.97 Å². The molecule has 1 aromatic rings. The number of carboxylic acid groups (broad SMARTS) is 1. The van der Waals surface area contributed by atoms with Gasteiger partial charge in [0.15, 0.2) is 0 Å². The second kappa shape index (κ2) is 7.27. The number of carbonyl (C=O) groups is 1. The molecule has 1 N–H and O–H groups in total. The van der Waals surface area contributed by atoms with Crippen molar-refractivity contribution in [3.8, 4) is 0 Å². The van der Waals surface area contributed by atoms with Crippen LogP contribution in [0.15, 0.2) is 18.2 Å². The number of halogens is 2. The van der Waals surface area contributed by atoms with Crippen LogP contribution in [-0.2, 0) is 16.1 Å². The third-order valence-corrected chi connectivity index (χ3v) is 3.74. The Morgan fingerprint density at radius 3 is 2.40 bits per heavy atom. The minimum absolute atomic E-state index is 0.0466. The van der Waals surface area contributed by atoms with Crippen molar-refractivity contribution in [1.82, 2.24) is 4.90 Å². The first-order valence-electron chi connectivity index (χ1n) is 6.53. The minimum atomic E-state index is -0.916. The van der Waals surface area contributed by atoms with Gasteiger partial charge in [0.05, 0.1) is 6.10 Å². The molecule has 1 aromatic carbocycles. The number of rotatable bonds is 5. The number of piperidine rings is 1. The number of hydrogen-bond acceptors (Lipinski definition) is 3. The SMILES string of the molecule is O=C(O)COC1CCN(Cc2cc(Cl)cc(Cl)c2)CC1. The molecule has 0 saturated carbocycles. The Balaban J connectivity index is 1.80. The fraction of sp³-hybridized carbons (Fsp3) is 0.500. The largest absolute Gasteiger partial charge is 0.480 e. The average molecular weight is 318 g/mol. The fourth-order valence-corrected chi connectivity index (χ4v) is 2.95. The van der Waals surface area contributed by atoms with Gasteiger partial charge in [-0.2, -0.15) is 0 Å². The molecule has 0 aromatic heterocycles. The highest BCUT2D eigenvalue weighted by molar-refractivity contribution is 6.34. The highest BCUT2D eigenvalue weighted by Crippen LogP contribution is 2.22. The lowest BCUT2D eigenvalue weighted by Crippen LogP contribution is -2.37. The monoisotopic (exact) mass is 317 g/mol. The van der Waals surface area contributed by atoms with Crippen LogP contribution in [-0.4, -0.2) is 41.8 Å². The molecule has 110 valence electrons. The van der Waals surface area contributed by atoms with E-state index >= 15 is 0 Å². The number of likely N-dealkylation sites (tertiary alicyclic amines) is 1. The summed E-state index contributed by atoms with van der Waals surface area (Å²) >= 11 is 12.0. The van der Waals surface area contributed by atoms with E-state index in [1.807, 2.05) is 12.1 Å². The van der Waals surface area contributed by atoms with Crippen LogP contribution < -0.4 is 0 Å². The number of hydrogen-bond donors (Lipinski definition) is 1. The highest BCUT2D eigenvalue weighted by Gasteiger charge is 2.20. The maximum atomic E-state index is 10.5. The molecule has 0 unspecified atom stereocenters.